The molecule has 0 saturated carbocycles. The summed E-state index contributed by atoms with van der Waals surface area (Å²) in [5, 5.41) is 27.4. The largest absolute Gasteiger partial charge is 0.505 e. The van der Waals surface area contributed by atoms with E-state index in [0.29, 0.717) is 28.0 Å². The van der Waals surface area contributed by atoms with Gasteiger partial charge in [0.2, 0.25) is 0 Å². The molecule has 2 aromatic rings. The number of aromatic nitrogens is 1. The Morgan fingerprint density at radius 3 is 2.72 bits per heavy atom. The number of aliphatic hydroxyl groups is 1. The second kappa shape index (κ2) is 10.3. The Morgan fingerprint density at radius 1 is 1.31 bits per heavy atom. The molecule has 0 atom stereocenters. The van der Waals surface area contributed by atoms with Crippen LogP contribution in [-0.2, 0) is 13.2 Å². The lowest BCUT2D eigenvalue weighted by molar-refractivity contribution is 0.199. The van der Waals surface area contributed by atoms with Crippen molar-refractivity contribution in [3.8, 4) is 5.75 Å². The molecule has 1 aromatic carbocycles. The number of hydrogen-bond acceptors (Lipinski definition) is 6. The average molecular weight is 414 g/mol. The number of nitrogens with one attached hydrogen (secondary N) is 2. The maximum atomic E-state index is 10.1. The number of aryl methyl sites for hydroxylation is 1. The van der Waals surface area contributed by atoms with Crippen LogP contribution in [0.5, 0.6) is 5.75 Å². The zero-order chi connectivity index (χ0) is 20.6. The zero-order valence-corrected chi connectivity index (χ0v) is 17.3. The summed E-state index contributed by atoms with van der Waals surface area (Å²) in [5.41, 5.74) is 5.54. The van der Waals surface area contributed by atoms with Gasteiger partial charge in [0.25, 0.3) is 0 Å². The molecule has 4 N–H and O–H groups in total. The van der Waals surface area contributed by atoms with Crippen LogP contribution in [0.2, 0.25) is 0 Å². The molecule has 1 aliphatic rings. The Hall–Kier alpha value is -2.55. The van der Waals surface area contributed by atoms with Crippen LogP contribution in [0, 0.1) is 6.92 Å². The van der Waals surface area contributed by atoms with Crippen molar-refractivity contribution in [3.63, 3.8) is 0 Å². The molecular formula is C21H27N5O2S. The number of pyridine rings is 1. The number of hydrazone groups is 1. The molecule has 1 aromatic heterocycles. The fourth-order valence-corrected chi connectivity index (χ4v) is 3.59. The summed E-state index contributed by atoms with van der Waals surface area (Å²) in [4.78, 5) is 6.48. The van der Waals surface area contributed by atoms with Crippen LogP contribution in [0.25, 0.3) is 0 Å². The minimum absolute atomic E-state index is 0.00626. The van der Waals surface area contributed by atoms with Gasteiger partial charge in [0.05, 0.1) is 18.5 Å². The molecule has 0 unspecified atom stereocenters. The van der Waals surface area contributed by atoms with E-state index in [1.54, 1.807) is 6.92 Å². The maximum absolute atomic E-state index is 10.1. The van der Waals surface area contributed by atoms with E-state index in [1.807, 2.05) is 6.07 Å². The topological polar surface area (TPSA) is 93.0 Å². The summed E-state index contributed by atoms with van der Waals surface area (Å²) in [6, 6.07) is 10.8. The quantitative estimate of drug-likeness (QED) is 0.327. The van der Waals surface area contributed by atoms with E-state index in [0.717, 1.165) is 32.5 Å². The van der Waals surface area contributed by atoms with Crippen molar-refractivity contribution in [1.29, 1.82) is 0 Å². The standard InChI is InChI=1S/C21H27N5O2S/c1-15-20(28)19(17(14-27)11-22-15)12-23-25-21(29)24-18-7-9-26(10-8-18)13-16-5-3-2-4-6-16/h2-6,11-12,18,27-28H,7-10,13-14H2,1H3,(H2,24,25,29). The molecule has 2 heterocycles. The molecule has 1 saturated heterocycles. The Bertz CT molecular complexity index is 852. The third-order valence-electron chi connectivity index (χ3n) is 5.06. The van der Waals surface area contributed by atoms with Gasteiger partial charge in [0, 0.05) is 43.0 Å². The van der Waals surface area contributed by atoms with Gasteiger partial charge in [0.15, 0.2) is 5.11 Å². The second-order valence-corrected chi connectivity index (χ2v) is 7.58. The van der Waals surface area contributed by atoms with Crippen molar-refractivity contribution >= 4 is 23.5 Å². The predicted molar refractivity (Wildman–Crippen MR) is 118 cm³/mol. The highest BCUT2D eigenvalue weighted by Gasteiger charge is 2.19. The maximum Gasteiger partial charge on any atom is 0.187 e. The van der Waals surface area contributed by atoms with Crippen molar-refractivity contribution in [2.75, 3.05) is 13.1 Å². The minimum Gasteiger partial charge on any atom is -0.505 e. The molecule has 0 amide bonds. The smallest absolute Gasteiger partial charge is 0.187 e. The molecule has 3 rings (SSSR count). The number of nitrogens with zero attached hydrogens (tertiary/aromatic N) is 3. The lowest BCUT2D eigenvalue weighted by Gasteiger charge is -2.32. The van der Waals surface area contributed by atoms with Gasteiger partial charge in [-0.2, -0.15) is 5.10 Å². The Kier molecular flexibility index (Phi) is 7.51. The number of hydrogen-bond donors (Lipinski definition) is 4. The third kappa shape index (κ3) is 5.96. The van der Waals surface area contributed by atoms with Crippen molar-refractivity contribution in [2.45, 2.75) is 39.0 Å². The van der Waals surface area contributed by atoms with Crippen LogP contribution >= 0.6 is 12.2 Å². The van der Waals surface area contributed by atoms with Gasteiger partial charge in [-0.25, -0.2) is 0 Å². The molecule has 1 fully saturated rings. The highest BCUT2D eigenvalue weighted by Crippen LogP contribution is 2.21. The summed E-state index contributed by atoms with van der Waals surface area (Å²) in [6.45, 7) is 4.47. The SMILES string of the molecule is Cc1ncc(CO)c(C=NNC(=S)NC2CCN(Cc3ccccc3)CC2)c1O. The van der Waals surface area contributed by atoms with Gasteiger partial charge < -0.3 is 15.5 Å². The number of rotatable bonds is 6. The van der Waals surface area contributed by atoms with E-state index >= 15 is 0 Å². The number of aliphatic hydroxyl groups excluding tert-OH is 1. The summed E-state index contributed by atoms with van der Waals surface area (Å²) in [7, 11) is 0. The van der Waals surface area contributed by atoms with Crippen molar-refractivity contribution in [1.82, 2.24) is 20.6 Å². The van der Waals surface area contributed by atoms with Gasteiger partial charge in [-0.1, -0.05) is 30.3 Å². The molecule has 0 bridgehead atoms. The molecule has 0 aliphatic carbocycles. The van der Waals surface area contributed by atoms with E-state index in [9.17, 15) is 10.2 Å². The number of piperidine rings is 1. The summed E-state index contributed by atoms with van der Waals surface area (Å²) >= 11 is 5.33. The zero-order valence-electron chi connectivity index (χ0n) is 16.5. The number of aromatic hydroxyl groups is 1. The summed E-state index contributed by atoms with van der Waals surface area (Å²) in [5.74, 6) is 0.00626. The molecule has 29 heavy (non-hydrogen) atoms. The van der Waals surface area contributed by atoms with Gasteiger partial charge in [-0.05, 0) is 37.5 Å². The van der Waals surface area contributed by atoms with Crippen molar-refractivity contribution < 1.29 is 10.2 Å². The normalized spacial score (nSPS) is 15.5. The van der Waals surface area contributed by atoms with E-state index in [4.69, 9.17) is 12.2 Å². The fraction of sp³-hybridized carbons (Fsp3) is 0.381. The molecule has 154 valence electrons. The molecule has 0 spiro atoms. The van der Waals surface area contributed by atoms with Crippen molar-refractivity contribution in [2.24, 2.45) is 5.10 Å². The first-order valence-corrected chi connectivity index (χ1v) is 10.1. The fourth-order valence-electron chi connectivity index (χ4n) is 3.37. The minimum atomic E-state index is -0.230. The van der Waals surface area contributed by atoms with Gasteiger partial charge in [-0.3, -0.25) is 15.3 Å². The molecule has 1 aliphatic heterocycles. The van der Waals surface area contributed by atoms with Crippen LogP contribution < -0.4 is 10.7 Å². The Labute approximate surface area is 176 Å². The first-order valence-electron chi connectivity index (χ1n) is 9.71. The van der Waals surface area contributed by atoms with Crippen LogP contribution in [0.15, 0.2) is 41.6 Å². The van der Waals surface area contributed by atoms with Crippen molar-refractivity contribution in [3.05, 3.63) is 58.9 Å². The van der Waals surface area contributed by atoms with Crippen LogP contribution in [-0.4, -0.2) is 50.6 Å². The van der Waals surface area contributed by atoms with E-state index in [2.05, 4.69) is 50.0 Å². The number of benzene rings is 1. The van der Waals surface area contributed by atoms with Crippen LogP contribution in [0.4, 0.5) is 0 Å². The summed E-state index contributed by atoms with van der Waals surface area (Å²) < 4.78 is 0. The molecule has 8 heteroatoms. The number of likely N-dealkylation sites (tertiary alicyclic amines) is 1. The molecule has 7 nitrogen and oxygen atoms in total. The first-order chi connectivity index (χ1) is 14.1. The molecular weight excluding hydrogens is 386 g/mol. The summed E-state index contributed by atoms with van der Waals surface area (Å²) in [6.07, 6.45) is 5.00. The van der Waals surface area contributed by atoms with Gasteiger partial charge in [-0.15, -0.1) is 0 Å². The van der Waals surface area contributed by atoms with E-state index < -0.39 is 0 Å². The van der Waals surface area contributed by atoms with E-state index in [1.165, 1.54) is 18.0 Å². The monoisotopic (exact) mass is 413 g/mol. The lowest BCUT2D eigenvalue weighted by Crippen LogP contribution is -2.46. The Balaban J connectivity index is 1.45. The van der Waals surface area contributed by atoms with Crippen LogP contribution in [0.3, 0.4) is 0 Å². The lowest BCUT2D eigenvalue weighted by atomic mass is 10.0. The highest BCUT2D eigenvalue weighted by atomic mass is 32.1. The van der Waals surface area contributed by atoms with Gasteiger partial charge >= 0.3 is 0 Å². The predicted octanol–water partition coefficient (Wildman–Crippen LogP) is 2.05. The number of thiocarbonyl (C=S) groups is 1. The Morgan fingerprint density at radius 2 is 2.03 bits per heavy atom. The first kappa shape index (κ1) is 21.2. The third-order valence-corrected chi connectivity index (χ3v) is 5.27. The van der Waals surface area contributed by atoms with E-state index in [-0.39, 0.29) is 12.4 Å². The average Bonchev–Trinajstić information content (AvgIpc) is 2.73. The van der Waals surface area contributed by atoms with Crippen LogP contribution in [0.1, 0.15) is 35.2 Å². The second-order valence-electron chi connectivity index (χ2n) is 7.17. The molecule has 0 radical (unpaired) electrons. The highest BCUT2D eigenvalue weighted by molar-refractivity contribution is 7.80. The van der Waals surface area contributed by atoms with Gasteiger partial charge in [0.1, 0.15) is 5.75 Å².